The highest BCUT2D eigenvalue weighted by molar-refractivity contribution is 6.68. The normalized spacial score (nSPS) is 14.5. The number of urea groups is 1. The molecule has 2 amide bonds. The maximum Gasteiger partial charge on any atom is 0.317 e. The van der Waals surface area contributed by atoms with E-state index in [0.717, 1.165) is 0 Å². The van der Waals surface area contributed by atoms with E-state index in [1.54, 1.807) is 0 Å². The molecule has 0 aliphatic carbocycles. The molecule has 1 atom stereocenters. The standard InChI is InChI=1S/C9H17Cl3N2O2/c1-8(2,3)14(7(16)13-4)5-6(15)9(10,11)12/h6,15H,5H2,1-4H3,(H,13,16). The van der Waals surface area contributed by atoms with Crippen LogP contribution in [0.15, 0.2) is 0 Å². The first-order valence-electron chi connectivity index (χ1n) is 4.74. The first-order valence-corrected chi connectivity index (χ1v) is 5.87. The summed E-state index contributed by atoms with van der Waals surface area (Å²) in [6, 6.07) is -0.333. The molecule has 0 radical (unpaired) electrons. The van der Waals surface area contributed by atoms with Gasteiger partial charge < -0.3 is 15.3 Å². The van der Waals surface area contributed by atoms with Crippen LogP contribution in [-0.4, -0.2) is 45.1 Å². The van der Waals surface area contributed by atoms with E-state index in [0.29, 0.717) is 0 Å². The highest BCUT2D eigenvalue weighted by Gasteiger charge is 2.36. The van der Waals surface area contributed by atoms with E-state index in [1.807, 2.05) is 20.8 Å². The highest BCUT2D eigenvalue weighted by atomic mass is 35.6. The number of amides is 2. The quantitative estimate of drug-likeness (QED) is 0.766. The van der Waals surface area contributed by atoms with Gasteiger partial charge in [-0.15, -0.1) is 0 Å². The van der Waals surface area contributed by atoms with Crippen LogP contribution in [0.5, 0.6) is 0 Å². The van der Waals surface area contributed by atoms with Gasteiger partial charge in [-0.2, -0.15) is 0 Å². The highest BCUT2D eigenvalue weighted by Crippen LogP contribution is 2.31. The molecule has 0 saturated carbocycles. The molecule has 0 fully saturated rings. The molecule has 4 nitrogen and oxygen atoms in total. The number of alkyl halides is 3. The fourth-order valence-electron chi connectivity index (χ4n) is 1.07. The molecule has 0 aromatic heterocycles. The number of β-amino-alcohol motifs (C(OH)–C–C–N with tert-alkyl or cyclic N) is 1. The van der Waals surface area contributed by atoms with E-state index < -0.39 is 15.4 Å². The van der Waals surface area contributed by atoms with E-state index in [-0.39, 0.29) is 12.6 Å². The monoisotopic (exact) mass is 290 g/mol. The third-order valence-electron chi connectivity index (χ3n) is 2.00. The van der Waals surface area contributed by atoms with Crippen molar-refractivity contribution in [3.8, 4) is 0 Å². The Labute approximate surface area is 111 Å². The minimum atomic E-state index is -1.81. The Bertz CT molecular complexity index is 248. The molecular weight excluding hydrogens is 274 g/mol. The molecule has 0 rings (SSSR count). The molecule has 0 bridgehead atoms. The van der Waals surface area contributed by atoms with Crippen LogP contribution in [0.3, 0.4) is 0 Å². The molecule has 0 aliphatic rings. The molecule has 1 unspecified atom stereocenters. The third kappa shape index (κ3) is 4.95. The first-order chi connectivity index (χ1) is 7.00. The van der Waals surface area contributed by atoms with Gasteiger partial charge in [0.15, 0.2) is 0 Å². The average molecular weight is 292 g/mol. The van der Waals surface area contributed by atoms with Gasteiger partial charge in [0.05, 0.1) is 6.54 Å². The smallest absolute Gasteiger partial charge is 0.317 e. The van der Waals surface area contributed by atoms with E-state index in [1.165, 1.54) is 11.9 Å². The van der Waals surface area contributed by atoms with Crippen LogP contribution >= 0.6 is 34.8 Å². The zero-order chi connectivity index (χ0) is 13.1. The van der Waals surface area contributed by atoms with Gasteiger partial charge in [0.25, 0.3) is 0 Å². The topological polar surface area (TPSA) is 52.6 Å². The lowest BCUT2D eigenvalue weighted by atomic mass is 10.1. The zero-order valence-electron chi connectivity index (χ0n) is 9.72. The van der Waals surface area contributed by atoms with Gasteiger partial charge in [0.1, 0.15) is 6.10 Å². The number of halogens is 3. The summed E-state index contributed by atoms with van der Waals surface area (Å²) in [5.74, 6) is 0. The summed E-state index contributed by atoms with van der Waals surface area (Å²) in [5.41, 5.74) is -0.475. The van der Waals surface area contributed by atoms with E-state index in [2.05, 4.69) is 5.32 Å². The van der Waals surface area contributed by atoms with Crippen LogP contribution in [-0.2, 0) is 0 Å². The number of nitrogens with one attached hydrogen (secondary N) is 1. The minimum Gasteiger partial charge on any atom is -0.387 e. The largest absolute Gasteiger partial charge is 0.387 e. The van der Waals surface area contributed by atoms with Gasteiger partial charge in [-0.05, 0) is 20.8 Å². The maximum atomic E-state index is 11.6. The zero-order valence-corrected chi connectivity index (χ0v) is 12.0. The second-order valence-electron chi connectivity index (χ2n) is 4.39. The molecule has 0 spiro atoms. The van der Waals surface area contributed by atoms with Crippen molar-refractivity contribution < 1.29 is 9.90 Å². The Hall–Kier alpha value is 0.1000. The maximum absolute atomic E-state index is 11.6. The number of hydrogen-bond acceptors (Lipinski definition) is 2. The van der Waals surface area contributed by atoms with Crippen LogP contribution in [0.25, 0.3) is 0 Å². The second kappa shape index (κ2) is 5.63. The number of carbonyl (C=O) groups is 1. The van der Waals surface area contributed by atoms with E-state index >= 15 is 0 Å². The third-order valence-corrected chi connectivity index (χ3v) is 2.76. The fraction of sp³-hybridized carbons (Fsp3) is 0.889. The van der Waals surface area contributed by atoms with Crippen molar-refractivity contribution in [1.82, 2.24) is 10.2 Å². The lowest BCUT2D eigenvalue weighted by Crippen LogP contribution is -2.54. The number of hydrogen-bond donors (Lipinski definition) is 2. The number of nitrogens with zero attached hydrogens (tertiary/aromatic N) is 1. The molecule has 7 heteroatoms. The van der Waals surface area contributed by atoms with Crippen LogP contribution in [0.2, 0.25) is 0 Å². The Morgan fingerprint density at radius 3 is 2.06 bits per heavy atom. The summed E-state index contributed by atoms with van der Waals surface area (Å²) in [6.07, 6.45) is -1.24. The lowest BCUT2D eigenvalue weighted by molar-refractivity contribution is 0.0825. The average Bonchev–Trinajstić information content (AvgIpc) is 2.09. The Morgan fingerprint density at radius 1 is 1.38 bits per heavy atom. The molecule has 2 N–H and O–H groups in total. The lowest BCUT2D eigenvalue weighted by Gasteiger charge is -2.37. The first kappa shape index (κ1) is 16.1. The number of rotatable bonds is 2. The molecule has 0 aromatic rings. The van der Waals surface area contributed by atoms with Crippen LogP contribution in [0.4, 0.5) is 4.79 Å². The van der Waals surface area contributed by atoms with Crippen molar-refractivity contribution in [2.24, 2.45) is 0 Å². The van der Waals surface area contributed by atoms with Gasteiger partial charge in [0.2, 0.25) is 3.79 Å². The van der Waals surface area contributed by atoms with Crippen LogP contribution < -0.4 is 5.32 Å². The Balaban J connectivity index is 4.77. The van der Waals surface area contributed by atoms with Crippen molar-refractivity contribution >= 4 is 40.8 Å². The molecular formula is C9H17Cl3N2O2. The van der Waals surface area contributed by atoms with Gasteiger partial charge in [-0.3, -0.25) is 0 Å². The number of aliphatic hydroxyl groups is 1. The Morgan fingerprint density at radius 2 is 1.81 bits per heavy atom. The second-order valence-corrected chi connectivity index (χ2v) is 6.76. The van der Waals surface area contributed by atoms with Crippen molar-refractivity contribution in [3.05, 3.63) is 0 Å². The predicted octanol–water partition coefficient (Wildman–Crippen LogP) is 2.16. The van der Waals surface area contributed by atoms with Crippen LogP contribution in [0.1, 0.15) is 20.8 Å². The molecule has 96 valence electrons. The Kier molecular flexibility index (Phi) is 5.66. The van der Waals surface area contributed by atoms with Gasteiger partial charge in [-0.25, -0.2) is 4.79 Å². The van der Waals surface area contributed by atoms with Crippen molar-refractivity contribution in [3.63, 3.8) is 0 Å². The van der Waals surface area contributed by atoms with E-state index in [9.17, 15) is 9.90 Å². The van der Waals surface area contributed by atoms with Crippen molar-refractivity contribution in [1.29, 1.82) is 0 Å². The molecule has 0 saturated heterocycles. The minimum absolute atomic E-state index is 0.0559. The predicted molar refractivity (Wildman–Crippen MR) is 67.2 cm³/mol. The van der Waals surface area contributed by atoms with Crippen molar-refractivity contribution in [2.45, 2.75) is 36.2 Å². The molecule has 0 aromatic carbocycles. The van der Waals surface area contributed by atoms with E-state index in [4.69, 9.17) is 34.8 Å². The summed E-state index contributed by atoms with van der Waals surface area (Å²) in [7, 11) is 1.50. The summed E-state index contributed by atoms with van der Waals surface area (Å²) in [4.78, 5) is 13.0. The van der Waals surface area contributed by atoms with Crippen molar-refractivity contribution in [2.75, 3.05) is 13.6 Å². The van der Waals surface area contributed by atoms with Gasteiger partial charge in [-0.1, -0.05) is 34.8 Å². The SMILES string of the molecule is CNC(=O)N(CC(O)C(Cl)(Cl)Cl)C(C)(C)C. The molecule has 16 heavy (non-hydrogen) atoms. The number of carbonyl (C=O) groups excluding carboxylic acids is 1. The molecule has 0 aliphatic heterocycles. The van der Waals surface area contributed by atoms with Gasteiger partial charge >= 0.3 is 6.03 Å². The summed E-state index contributed by atoms with van der Waals surface area (Å²) in [5, 5.41) is 12.1. The summed E-state index contributed by atoms with van der Waals surface area (Å²) < 4.78 is -1.81. The summed E-state index contributed by atoms with van der Waals surface area (Å²) in [6.45, 7) is 5.42. The van der Waals surface area contributed by atoms with Gasteiger partial charge in [0, 0.05) is 12.6 Å². The molecule has 0 heterocycles. The van der Waals surface area contributed by atoms with Crippen LogP contribution in [0, 0.1) is 0 Å². The fourth-order valence-corrected chi connectivity index (χ4v) is 1.28. The number of aliphatic hydroxyl groups excluding tert-OH is 1. The summed E-state index contributed by atoms with van der Waals surface area (Å²) >= 11 is 16.6.